The van der Waals surface area contributed by atoms with E-state index in [1.54, 1.807) is 22.7 Å². The maximum Gasteiger partial charge on any atom is 0.123 e. The van der Waals surface area contributed by atoms with Crippen molar-refractivity contribution >= 4 is 48.8 Å². The van der Waals surface area contributed by atoms with Gasteiger partial charge in [0.25, 0.3) is 0 Å². The number of aromatic nitrogens is 1. The second kappa shape index (κ2) is 7.79. The van der Waals surface area contributed by atoms with Crippen molar-refractivity contribution in [1.29, 1.82) is 0 Å². The number of nitrogens with one attached hydrogen (secondary N) is 1. The molecule has 0 saturated heterocycles. The molecule has 0 amide bonds. The van der Waals surface area contributed by atoms with Gasteiger partial charge in [-0.1, -0.05) is 28.1 Å². The number of benzene rings is 1. The third-order valence-electron chi connectivity index (χ3n) is 4.14. The molecule has 0 aliphatic heterocycles. The molecular weight excluding hydrogens is 412 g/mol. The lowest BCUT2D eigenvalue weighted by Gasteiger charge is -2.10. The molecule has 5 heteroatoms. The third-order valence-corrected chi connectivity index (χ3v) is 6.17. The van der Waals surface area contributed by atoms with Crippen LogP contribution >= 0.6 is 38.6 Å². The van der Waals surface area contributed by atoms with E-state index < -0.39 is 0 Å². The molecule has 2 nitrogen and oxygen atoms in total. The minimum Gasteiger partial charge on any atom is -0.312 e. The van der Waals surface area contributed by atoms with E-state index in [0.717, 1.165) is 34.5 Å². The zero-order valence-corrected chi connectivity index (χ0v) is 16.8. The van der Waals surface area contributed by atoms with E-state index >= 15 is 0 Å². The number of halogens is 1. The number of fused-ring (bicyclic) bond motifs is 1. The van der Waals surface area contributed by atoms with Crippen molar-refractivity contribution in [3.8, 4) is 11.3 Å². The van der Waals surface area contributed by atoms with Crippen LogP contribution in [0.25, 0.3) is 21.5 Å². The van der Waals surface area contributed by atoms with Gasteiger partial charge >= 0.3 is 0 Å². The van der Waals surface area contributed by atoms with E-state index in [4.69, 9.17) is 4.98 Å². The fourth-order valence-electron chi connectivity index (χ4n) is 2.83. The highest BCUT2D eigenvalue weighted by Crippen LogP contribution is 2.29. The highest BCUT2D eigenvalue weighted by Gasteiger charge is 2.10. The Morgan fingerprint density at radius 3 is 2.72 bits per heavy atom. The summed E-state index contributed by atoms with van der Waals surface area (Å²) in [6.45, 7) is 1.78. The molecular formula is C20H17BrN2S2. The van der Waals surface area contributed by atoms with Crippen molar-refractivity contribution in [1.82, 2.24) is 10.3 Å². The van der Waals surface area contributed by atoms with E-state index in [1.807, 2.05) is 0 Å². The Morgan fingerprint density at radius 2 is 1.92 bits per heavy atom. The van der Waals surface area contributed by atoms with Crippen molar-refractivity contribution in [2.24, 2.45) is 0 Å². The molecule has 1 aromatic carbocycles. The number of hydrogen-bond donors (Lipinski definition) is 1. The standard InChI is InChI=1S/C20H17BrN2S2/c21-18-3-1-14(2-4-18)5-8-22-12-17-11-15-7-10-25-20(15)23-19(17)16-6-9-24-13-16/h1-4,6-7,9-11,13,22H,5,8,12H2. The molecule has 0 aliphatic rings. The van der Waals surface area contributed by atoms with Gasteiger partial charge in [0.05, 0.1) is 5.69 Å². The van der Waals surface area contributed by atoms with Gasteiger partial charge in [-0.2, -0.15) is 11.3 Å². The molecule has 0 saturated carbocycles. The molecule has 0 unspecified atom stereocenters. The van der Waals surface area contributed by atoms with E-state index in [9.17, 15) is 0 Å². The maximum absolute atomic E-state index is 4.90. The Morgan fingerprint density at radius 1 is 1.04 bits per heavy atom. The first kappa shape index (κ1) is 16.9. The van der Waals surface area contributed by atoms with Gasteiger partial charge < -0.3 is 5.32 Å². The normalized spacial score (nSPS) is 11.2. The van der Waals surface area contributed by atoms with Crippen LogP contribution in [0.2, 0.25) is 0 Å². The summed E-state index contributed by atoms with van der Waals surface area (Å²) in [5.74, 6) is 0. The first-order valence-electron chi connectivity index (χ1n) is 8.14. The van der Waals surface area contributed by atoms with Crippen molar-refractivity contribution in [3.05, 3.63) is 74.2 Å². The van der Waals surface area contributed by atoms with Crippen LogP contribution in [0.3, 0.4) is 0 Å². The van der Waals surface area contributed by atoms with Crippen LogP contribution in [0.5, 0.6) is 0 Å². The molecule has 1 N–H and O–H groups in total. The van der Waals surface area contributed by atoms with Crippen molar-refractivity contribution < 1.29 is 0 Å². The lowest BCUT2D eigenvalue weighted by Crippen LogP contribution is -2.17. The highest BCUT2D eigenvalue weighted by atomic mass is 79.9. The molecule has 0 bridgehead atoms. The average Bonchev–Trinajstić information content (AvgIpc) is 3.30. The fourth-order valence-corrected chi connectivity index (χ4v) is 4.49. The first-order chi connectivity index (χ1) is 12.3. The Kier molecular flexibility index (Phi) is 5.27. The van der Waals surface area contributed by atoms with Gasteiger partial charge in [-0.25, -0.2) is 4.98 Å². The second-order valence-electron chi connectivity index (χ2n) is 5.88. The number of pyridine rings is 1. The number of hydrogen-bond acceptors (Lipinski definition) is 4. The van der Waals surface area contributed by atoms with Gasteiger partial charge in [-0.05, 0) is 65.2 Å². The number of thiophene rings is 2. The van der Waals surface area contributed by atoms with Gasteiger partial charge in [-0.3, -0.25) is 0 Å². The summed E-state index contributed by atoms with van der Waals surface area (Å²) < 4.78 is 1.12. The van der Waals surface area contributed by atoms with Crippen molar-refractivity contribution in [3.63, 3.8) is 0 Å². The SMILES string of the molecule is Brc1ccc(CCNCc2cc3ccsc3nc2-c2ccsc2)cc1. The molecule has 3 aromatic heterocycles. The molecule has 4 rings (SSSR count). The molecule has 126 valence electrons. The quantitative estimate of drug-likeness (QED) is 0.374. The van der Waals surface area contributed by atoms with E-state index in [0.29, 0.717) is 0 Å². The van der Waals surface area contributed by atoms with Gasteiger partial charge in [0.1, 0.15) is 4.83 Å². The summed E-state index contributed by atoms with van der Waals surface area (Å²) in [7, 11) is 0. The third kappa shape index (κ3) is 4.01. The van der Waals surface area contributed by atoms with Gasteiger partial charge in [0, 0.05) is 27.3 Å². The van der Waals surface area contributed by atoms with Crippen molar-refractivity contribution in [2.75, 3.05) is 6.54 Å². The summed E-state index contributed by atoms with van der Waals surface area (Å²) in [6, 6.07) is 15.1. The highest BCUT2D eigenvalue weighted by molar-refractivity contribution is 9.10. The Balaban J connectivity index is 1.48. The van der Waals surface area contributed by atoms with Crippen LogP contribution < -0.4 is 5.32 Å². The van der Waals surface area contributed by atoms with Crippen LogP contribution in [-0.4, -0.2) is 11.5 Å². The Hall–Kier alpha value is -1.53. The van der Waals surface area contributed by atoms with Gasteiger partial charge in [0.2, 0.25) is 0 Å². The van der Waals surface area contributed by atoms with Crippen molar-refractivity contribution in [2.45, 2.75) is 13.0 Å². The summed E-state index contributed by atoms with van der Waals surface area (Å²) in [6.07, 6.45) is 1.02. The summed E-state index contributed by atoms with van der Waals surface area (Å²) in [5, 5.41) is 11.2. The summed E-state index contributed by atoms with van der Waals surface area (Å²) >= 11 is 6.90. The van der Waals surface area contributed by atoms with Crippen LogP contribution in [-0.2, 0) is 13.0 Å². The van der Waals surface area contributed by atoms with E-state index in [-0.39, 0.29) is 0 Å². The van der Waals surface area contributed by atoms with Gasteiger partial charge in [-0.15, -0.1) is 11.3 Å². The second-order valence-corrected chi connectivity index (χ2v) is 8.47. The molecule has 0 aliphatic carbocycles. The first-order valence-corrected chi connectivity index (χ1v) is 10.8. The zero-order chi connectivity index (χ0) is 17.1. The summed E-state index contributed by atoms with van der Waals surface area (Å²) in [5.41, 5.74) is 4.93. The minimum atomic E-state index is 0.834. The molecule has 4 aromatic rings. The largest absolute Gasteiger partial charge is 0.312 e. The Bertz CT molecular complexity index is 959. The number of rotatable bonds is 6. The lowest BCUT2D eigenvalue weighted by molar-refractivity contribution is 0.687. The topological polar surface area (TPSA) is 24.9 Å². The van der Waals surface area contributed by atoms with Crippen LogP contribution in [0, 0.1) is 0 Å². The zero-order valence-electron chi connectivity index (χ0n) is 13.5. The van der Waals surface area contributed by atoms with E-state index in [1.165, 1.54) is 22.1 Å². The minimum absolute atomic E-state index is 0.834. The number of nitrogens with zero attached hydrogens (tertiary/aromatic N) is 1. The molecule has 3 heterocycles. The molecule has 0 radical (unpaired) electrons. The predicted octanol–water partition coefficient (Wildman–Crippen LogP) is 6.12. The Labute approximate surface area is 163 Å². The van der Waals surface area contributed by atoms with E-state index in [2.05, 4.69) is 79.9 Å². The fraction of sp³-hybridized carbons (Fsp3) is 0.150. The summed E-state index contributed by atoms with van der Waals surface area (Å²) in [4.78, 5) is 6.02. The van der Waals surface area contributed by atoms with Crippen LogP contribution in [0.4, 0.5) is 0 Å². The lowest BCUT2D eigenvalue weighted by atomic mass is 10.1. The van der Waals surface area contributed by atoms with Crippen LogP contribution in [0.15, 0.2) is 63.1 Å². The molecule has 0 spiro atoms. The maximum atomic E-state index is 4.90. The molecule has 0 fully saturated rings. The average molecular weight is 429 g/mol. The smallest absolute Gasteiger partial charge is 0.123 e. The monoisotopic (exact) mass is 428 g/mol. The van der Waals surface area contributed by atoms with Gasteiger partial charge in [0.15, 0.2) is 0 Å². The predicted molar refractivity (Wildman–Crippen MR) is 112 cm³/mol. The molecule has 25 heavy (non-hydrogen) atoms. The van der Waals surface area contributed by atoms with Crippen LogP contribution in [0.1, 0.15) is 11.1 Å². The molecule has 0 atom stereocenters.